The number of nitrogens with zero attached hydrogens (tertiary/aromatic N) is 7. The van der Waals surface area contributed by atoms with Crippen LogP contribution in [0, 0.1) is 0 Å². The number of carbonyl (C=O) groups is 1. The van der Waals surface area contributed by atoms with Crippen molar-refractivity contribution >= 4 is 11.6 Å². The molecule has 0 fully saturated rings. The summed E-state index contributed by atoms with van der Waals surface area (Å²) in [7, 11) is 3.76. The van der Waals surface area contributed by atoms with Crippen molar-refractivity contribution in [2.24, 2.45) is 14.1 Å². The van der Waals surface area contributed by atoms with Crippen molar-refractivity contribution in [1.29, 1.82) is 0 Å². The molecule has 0 aliphatic heterocycles. The molecule has 3 aromatic heterocycles. The van der Waals surface area contributed by atoms with Crippen molar-refractivity contribution in [1.82, 2.24) is 39.8 Å². The van der Waals surface area contributed by atoms with Gasteiger partial charge in [0.2, 0.25) is 0 Å². The number of carbonyl (C=O) groups excluding carboxylic acids is 1. The molecular formula is C26H25N9O. The zero-order valence-electron chi connectivity index (χ0n) is 19.9. The maximum atomic E-state index is 13.3. The van der Waals surface area contributed by atoms with Crippen LogP contribution in [0.5, 0.6) is 0 Å². The van der Waals surface area contributed by atoms with Gasteiger partial charge >= 0.3 is 0 Å². The highest BCUT2D eigenvalue weighted by Gasteiger charge is 2.20. The van der Waals surface area contributed by atoms with Gasteiger partial charge < -0.3 is 15.2 Å². The number of aryl methyl sites for hydroxylation is 1. The van der Waals surface area contributed by atoms with Crippen LogP contribution in [0.2, 0.25) is 0 Å². The van der Waals surface area contributed by atoms with Crippen LogP contribution in [0.15, 0.2) is 85.5 Å². The topological polar surface area (TPSA) is 115 Å². The van der Waals surface area contributed by atoms with Crippen LogP contribution in [-0.4, -0.2) is 40.4 Å². The Morgan fingerprint density at radius 1 is 0.972 bits per heavy atom. The van der Waals surface area contributed by atoms with E-state index in [1.54, 1.807) is 29.2 Å². The molecule has 0 radical (unpaired) electrons. The van der Waals surface area contributed by atoms with Crippen LogP contribution in [0.3, 0.4) is 0 Å². The zero-order chi connectivity index (χ0) is 24.9. The summed E-state index contributed by atoms with van der Waals surface area (Å²) in [6, 6.07) is 20.6. The average molecular weight is 480 g/mol. The molecule has 0 bridgehead atoms. The van der Waals surface area contributed by atoms with Gasteiger partial charge in [0.15, 0.2) is 11.6 Å². The lowest BCUT2D eigenvalue weighted by atomic mass is 10.0. The molecule has 10 heteroatoms. The summed E-state index contributed by atoms with van der Waals surface area (Å²) in [5, 5.41) is 19.3. The Balaban J connectivity index is 1.31. The van der Waals surface area contributed by atoms with Crippen LogP contribution in [0.4, 0.5) is 5.69 Å². The van der Waals surface area contributed by atoms with Gasteiger partial charge in [0, 0.05) is 37.7 Å². The first kappa shape index (κ1) is 22.9. The largest absolute Gasteiger partial charge is 0.378 e. The van der Waals surface area contributed by atoms with Crippen molar-refractivity contribution in [3.63, 3.8) is 0 Å². The van der Waals surface area contributed by atoms with Gasteiger partial charge in [-0.1, -0.05) is 36.4 Å². The Bertz CT molecular complexity index is 1460. The Morgan fingerprint density at radius 2 is 1.83 bits per heavy atom. The van der Waals surface area contributed by atoms with Gasteiger partial charge in [0.1, 0.15) is 12.0 Å². The average Bonchev–Trinajstić information content (AvgIpc) is 3.52. The number of rotatable bonds is 8. The highest BCUT2D eigenvalue weighted by Crippen LogP contribution is 2.22. The summed E-state index contributed by atoms with van der Waals surface area (Å²) in [5.41, 5.74) is 3.91. The minimum atomic E-state index is -0.332. The Kier molecular flexibility index (Phi) is 6.48. The van der Waals surface area contributed by atoms with E-state index in [1.165, 1.54) is 6.33 Å². The second kappa shape index (κ2) is 10.2. The quantitative estimate of drug-likeness (QED) is 0.351. The van der Waals surface area contributed by atoms with E-state index >= 15 is 0 Å². The molecule has 5 rings (SSSR count). The fourth-order valence-corrected chi connectivity index (χ4v) is 3.97. The number of aromatic nitrogens is 7. The van der Waals surface area contributed by atoms with Gasteiger partial charge in [-0.2, -0.15) is 5.10 Å². The second-order valence-corrected chi connectivity index (χ2v) is 8.22. The molecule has 1 unspecified atom stereocenters. The number of nitrogens with one attached hydrogen (secondary N) is 2. The van der Waals surface area contributed by atoms with Gasteiger partial charge in [0.25, 0.3) is 5.91 Å². The van der Waals surface area contributed by atoms with E-state index in [0.717, 1.165) is 22.8 Å². The Hall–Kier alpha value is -4.86. The molecule has 0 aliphatic rings. The van der Waals surface area contributed by atoms with Crippen LogP contribution < -0.4 is 10.6 Å². The molecule has 0 saturated carbocycles. The van der Waals surface area contributed by atoms with Crippen molar-refractivity contribution in [2.75, 3.05) is 5.32 Å². The third-order valence-corrected chi connectivity index (χ3v) is 5.91. The normalized spacial score (nSPS) is 11.7. The molecule has 5 aromatic rings. The number of anilines is 1. The second-order valence-electron chi connectivity index (χ2n) is 8.22. The number of hydrogen-bond donors (Lipinski definition) is 2. The first-order chi connectivity index (χ1) is 17.6. The lowest BCUT2D eigenvalue weighted by Gasteiger charge is -2.20. The summed E-state index contributed by atoms with van der Waals surface area (Å²) < 4.78 is 3.65. The fourth-order valence-electron chi connectivity index (χ4n) is 3.97. The molecule has 180 valence electrons. The first-order valence-corrected chi connectivity index (χ1v) is 11.4. The summed E-state index contributed by atoms with van der Waals surface area (Å²) in [6.45, 7) is 0.432. The molecule has 0 spiro atoms. The van der Waals surface area contributed by atoms with E-state index in [9.17, 15) is 4.79 Å². The number of benzene rings is 2. The predicted octanol–water partition coefficient (Wildman–Crippen LogP) is 3.14. The number of hydrogen-bond acceptors (Lipinski definition) is 7. The Morgan fingerprint density at radius 3 is 2.58 bits per heavy atom. The zero-order valence-corrected chi connectivity index (χ0v) is 19.9. The lowest BCUT2D eigenvalue weighted by Crippen LogP contribution is -2.30. The minimum absolute atomic E-state index is 0.182. The monoisotopic (exact) mass is 479 g/mol. The first-order valence-electron chi connectivity index (χ1n) is 11.4. The fraction of sp³-hybridized carbons (Fsp3) is 0.154. The smallest absolute Gasteiger partial charge is 0.252 e. The maximum absolute atomic E-state index is 13.3. The SMILES string of the molecule is Cn1nccc1C(NC(=O)c1cccc(NCc2nnc(-c3ccncn3)n2C)c1)c1ccccc1. The Labute approximate surface area is 208 Å². The summed E-state index contributed by atoms with van der Waals surface area (Å²) in [4.78, 5) is 21.4. The molecule has 2 aromatic carbocycles. The van der Waals surface area contributed by atoms with E-state index in [1.807, 2.05) is 73.3 Å². The van der Waals surface area contributed by atoms with Gasteiger partial charge in [-0.25, -0.2) is 9.97 Å². The number of amides is 1. The molecule has 1 amide bonds. The standard InChI is InChI=1S/C26H25N9O/c1-34-23(32-33-25(34)21-11-13-27-17-29-21)16-28-20-10-6-9-19(15-20)26(36)31-24(18-7-4-3-5-8-18)22-12-14-30-35(22)2/h3-15,17,24,28H,16H2,1-2H3,(H,31,36). The van der Waals surface area contributed by atoms with Crippen LogP contribution >= 0.6 is 0 Å². The van der Waals surface area contributed by atoms with Crippen LogP contribution in [0.1, 0.15) is 33.5 Å². The third kappa shape index (κ3) is 4.83. The van der Waals surface area contributed by atoms with E-state index in [2.05, 4.69) is 35.9 Å². The van der Waals surface area contributed by atoms with E-state index in [-0.39, 0.29) is 11.9 Å². The van der Waals surface area contributed by atoms with Crippen molar-refractivity contribution in [3.8, 4) is 11.5 Å². The van der Waals surface area contributed by atoms with Gasteiger partial charge in [-0.15, -0.1) is 10.2 Å². The predicted molar refractivity (Wildman–Crippen MR) is 135 cm³/mol. The van der Waals surface area contributed by atoms with Crippen molar-refractivity contribution in [3.05, 3.63) is 108 Å². The van der Waals surface area contributed by atoms with E-state index < -0.39 is 0 Å². The van der Waals surface area contributed by atoms with Crippen LogP contribution in [-0.2, 0) is 20.6 Å². The van der Waals surface area contributed by atoms with Crippen molar-refractivity contribution < 1.29 is 4.79 Å². The molecule has 0 saturated heterocycles. The summed E-state index contributed by atoms with van der Waals surface area (Å²) in [5.74, 6) is 1.21. The lowest BCUT2D eigenvalue weighted by molar-refractivity contribution is 0.0941. The van der Waals surface area contributed by atoms with E-state index in [4.69, 9.17) is 0 Å². The van der Waals surface area contributed by atoms with Gasteiger partial charge in [-0.05, 0) is 35.9 Å². The summed E-state index contributed by atoms with van der Waals surface area (Å²) >= 11 is 0. The molecule has 36 heavy (non-hydrogen) atoms. The summed E-state index contributed by atoms with van der Waals surface area (Å²) in [6.07, 6.45) is 4.88. The molecular weight excluding hydrogens is 454 g/mol. The molecule has 1 atom stereocenters. The van der Waals surface area contributed by atoms with Gasteiger partial charge in [-0.3, -0.25) is 9.48 Å². The van der Waals surface area contributed by atoms with Crippen LogP contribution in [0.25, 0.3) is 11.5 Å². The molecule has 10 nitrogen and oxygen atoms in total. The van der Waals surface area contributed by atoms with Gasteiger partial charge in [0.05, 0.1) is 18.3 Å². The highest BCUT2D eigenvalue weighted by atomic mass is 16.1. The molecule has 3 heterocycles. The minimum Gasteiger partial charge on any atom is -0.378 e. The molecule has 0 aliphatic carbocycles. The third-order valence-electron chi connectivity index (χ3n) is 5.91. The highest BCUT2D eigenvalue weighted by molar-refractivity contribution is 5.95. The van der Waals surface area contributed by atoms with Crippen molar-refractivity contribution in [2.45, 2.75) is 12.6 Å². The van der Waals surface area contributed by atoms with E-state index in [0.29, 0.717) is 23.6 Å². The molecule has 2 N–H and O–H groups in total. The maximum Gasteiger partial charge on any atom is 0.252 e.